The first kappa shape index (κ1) is 13.3. The Hall–Kier alpha value is -0.170. The van der Waals surface area contributed by atoms with Gasteiger partial charge in [0.2, 0.25) is 0 Å². The second kappa shape index (κ2) is 4.84. The van der Waals surface area contributed by atoms with E-state index in [-0.39, 0.29) is 23.7 Å². The molecule has 2 rings (SSSR count). The topological polar surface area (TPSA) is 72.8 Å². The van der Waals surface area contributed by atoms with Crippen LogP contribution >= 0.6 is 0 Å². The minimum Gasteiger partial charge on any atom is -0.396 e. The molecule has 0 aromatic heterocycles. The van der Waals surface area contributed by atoms with Gasteiger partial charge in [-0.05, 0) is 26.2 Å². The average Bonchev–Trinajstić information content (AvgIpc) is 2.73. The SMILES string of the molecule is CC1(CC2CCCS2(=O)=O)OCC(CCO)O1. The lowest BCUT2D eigenvalue weighted by atomic mass is 10.1. The predicted molar refractivity (Wildman–Crippen MR) is 62.4 cm³/mol. The normalized spacial score (nSPS) is 40.8. The summed E-state index contributed by atoms with van der Waals surface area (Å²) in [6.07, 6.45) is 2.26. The molecular formula is C11H20O5S. The van der Waals surface area contributed by atoms with E-state index in [4.69, 9.17) is 14.6 Å². The van der Waals surface area contributed by atoms with Gasteiger partial charge in [0.05, 0.1) is 23.7 Å². The molecule has 100 valence electrons. The number of ether oxygens (including phenoxy) is 2. The summed E-state index contributed by atoms with van der Waals surface area (Å²) in [6.45, 7) is 2.29. The molecule has 0 aliphatic carbocycles. The van der Waals surface area contributed by atoms with E-state index in [1.807, 2.05) is 0 Å². The van der Waals surface area contributed by atoms with Gasteiger partial charge in [-0.2, -0.15) is 0 Å². The molecule has 0 saturated carbocycles. The van der Waals surface area contributed by atoms with Gasteiger partial charge in [0.1, 0.15) is 0 Å². The molecule has 2 aliphatic heterocycles. The molecule has 3 unspecified atom stereocenters. The number of hydrogen-bond donors (Lipinski definition) is 1. The van der Waals surface area contributed by atoms with Crippen LogP contribution < -0.4 is 0 Å². The van der Waals surface area contributed by atoms with Crippen LogP contribution in [0.15, 0.2) is 0 Å². The zero-order chi connectivity index (χ0) is 12.5. The zero-order valence-electron chi connectivity index (χ0n) is 10.1. The molecule has 1 N–H and O–H groups in total. The molecule has 2 saturated heterocycles. The molecule has 5 nitrogen and oxygen atoms in total. The van der Waals surface area contributed by atoms with E-state index < -0.39 is 15.6 Å². The minimum absolute atomic E-state index is 0.0613. The van der Waals surface area contributed by atoms with Crippen LogP contribution in [0.25, 0.3) is 0 Å². The van der Waals surface area contributed by atoms with Crippen molar-refractivity contribution < 1.29 is 23.0 Å². The van der Waals surface area contributed by atoms with Crippen molar-refractivity contribution in [2.24, 2.45) is 0 Å². The predicted octanol–water partition coefficient (Wildman–Crippen LogP) is 0.468. The Morgan fingerprint density at radius 2 is 2.24 bits per heavy atom. The lowest BCUT2D eigenvalue weighted by molar-refractivity contribution is -0.159. The quantitative estimate of drug-likeness (QED) is 0.799. The number of sulfone groups is 1. The van der Waals surface area contributed by atoms with Crippen LogP contribution in [0.5, 0.6) is 0 Å². The van der Waals surface area contributed by atoms with Gasteiger partial charge in [0, 0.05) is 13.0 Å². The first-order valence-corrected chi connectivity index (χ1v) is 7.81. The van der Waals surface area contributed by atoms with Gasteiger partial charge < -0.3 is 14.6 Å². The van der Waals surface area contributed by atoms with E-state index in [1.54, 1.807) is 6.92 Å². The monoisotopic (exact) mass is 264 g/mol. The van der Waals surface area contributed by atoms with Gasteiger partial charge in [-0.25, -0.2) is 8.42 Å². The highest BCUT2D eigenvalue weighted by atomic mass is 32.2. The average molecular weight is 264 g/mol. The van der Waals surface area contributed by atoms with E-state index in [2.05, 4.69) is 0 Å². The minimum atomic E-state index is -2.95. The fraction of sp³-hybridized carbons (Fsp3) is 1.00. The fourth-order valence-corrected chi connectivity index (χ4v) is 4.57. The largest absolute Gasteiger partial charge is 0.396 e. The highest BCUT2D eigenvalue weighted by Crippen LogP contribution is 2.34. The first-order chi connectivity index (χ1) is 7.95. The molecule has 0 aromatic carbocycles. The van der Waals surface area contributed by atoms with Gasteiger partial charge in [-0.1, -0.05) is 0 Å². The van der Waals surface area contributed by atoms with Gasteiger partial charge >= 0.3 is 0 Å². The molecule has 0 amide bonds. The Labute approximate surface area is 102 Å². The Morgan fingerprint density at radius 3 is 2.82 bits per heavy atom. The van der Waals surface area contributed by atoms with Crippen molar-refractivity contribution in [1.82, 2.24) is 0 Å². The Bertz CT molecular complexity index is 366. The highest BCUT2D eigenvalue weighted by molar-refractivity contribution is 7.92. The summed E-state index contributed by atoms with van der Waals surface area (Å²) in [7, 11) is -2.95. The second-order valence-corrected chi connectivity index (χ2v) is 7.43. The summed E-state index contributed by atoms with van der Waals surface area (Å²) in [5.41, 5.74) is 0. The van der Waals surface area contributed by atoms with Gasteiger partial charge in [-0.15, -0.1) is 0 Å². The van der Waals surface area contributed by atoms with E-state index in [0.717, 1.165) is 6.42 Å². The van der Waals surface area contributed by atoms with E-state index in [9.17, 15) is 8.42 Å². The van der Waals surface area contributed by atoms with E-state index in [1.165, 1.54) is 0 Å². The molecule has 17 heavy (non-hydrogen) atoms. The standard InChI is InChI=1S/C11H20O5S/c1-11(15-8-9(16-11)4-5-12)7-10-3-2-6-17(10,13)14/h9-10,12H,2-8H2,1H3. The summed E-state index contributed by atoms with van der Waals surface area (Å²) >= 11 is 0. The van der Waals surface area contributed by atoms with Crippen molar-refractivity contribution in [1.29, 1.82) is 0 Å². The molecular weight excluding hydrogens is 244 g/mol. The summed E-state index contributed by atoms with van der Waals surface area (Å²) in [5, 5.41) is 8.50. The first-order valence-electron chi connectivity index (χ1n) is 6.09. The highest BCUT2D eigenvalue weighted by Gasteiger charge is 2.43. The van der Waals surface area contributed by atoms with Crippen LogP contribution in [0.4, 0.5) is 0 Å². The Balaban J connectivity index is 1.95. The number of hydrogen-bond acceptors (Lipinski definition) is 5. The van der Waals surface area contributed by atoms with Crippen LogP contribution in [0.1, 0.15) is 32.6 Å². The Morgan fingerprint density at radius 1 is 1.47 bits per heavy atom. The maximum absolute atomic E-state index is 11.7. The molecule has 2 fully saturated rings. The molecule has 0 radical (unpaired) electrons. The van der Waals surface area contributed by atoms with Crippen molar-refractivity contribution in [3.8, 4) is 0 Å². The van der Waals surface area contributed by atoms with E-state index >= 15 is 0 Å². The van der Waals surface area contributed by atoms with Crippen molar-refractivity contribution >= 4 is 9.84 Å². The molecule has 3 atom stereocenters. The Kier molecular flexibility index (Phi) is 3.77. The molecule has 0 spiro atoms. The van der Waals surface area contributed by atoms with Crippen molar-refractivity contribution in [2.45, 2.75) is 49.7 Å². The van der Waals surface area contributed by atoms with Crippen molar-refractivity contribution in [2.75, 3.05) is 19.0 Å². The lowest BCUT2D eigenvalue weighted by Crippen LogP contribution is -2.34. The van der Waals surface area contributed by atoms with Gasteiger partial charge in [0.25, 0.3) is 0 Å². The van der Waals surface area contributed by atoms with Crippen LogP contribution in [0, 0.1) is 0 Å². The summed E-state index contributed by atoms with van der Waals surface area (Å²) in [4.78, 5) is 0. The smallest absolute Gasteiger partial charge is 0.167 e. The molecule has 6 heteroatoms. The maximum atomic E-state index is 11.7. The van der Waals surface area contributed by atoms with Crippen molar-refractivity contribution in [3.63, 3.8) is 0 Å². The second-order valence-electron chi connectivity index (χ2n) is 5.03. The molecule has 0 aromatic rings. The summed E-state index contributed by atoms with van der Waals surface area (Å²) < 4.78 is 34.8. The van der Waals surface area contributed by atoms with Crippen LogP contribution in [0.2, 0.25) is 0 Å². The number of aliphatic hydroxyl groups excluding tert-OH is 1. The van der Waals surface area contributed by atoms with Crippen LogP contribution in [0.3, 0.4) is 0 Å². The van der Waals surface area contributed by atoms with Crippen molar-refractivity contribution in [3.05, 3.63) is 0 Å². The molecule has 2 heterocycles. The summed E-state index contributed by atoms with van der Waals surface area (Å²) in [6, 6.07) is 0. The third kappa shape index (κ3) is 2.99. The number of aliphatic hydroxyl groups is 1. The number of rotatable bonds is 4. The third-order valence-corrected chi connectivity index (χ3v) is 5.78. The van der Waals surface area contributed by atoms with Crippen LogP contribution in [-0.2, 0) is 19.3 Å². The van der Waals surface area contributed by atoms with E-state index in [0.29, 0.717) is 25.9 Å². The molecule has 2 aliphatic rings. The summed E-state index contributed by atoms with van der Waals surface area (Å²) in [5.74, 6) is -0.518. The maximum Gasteiger partial charge on any atom is 0.167 e. The van der Waals surface area contributed by atoms with Gasteiger partial charge in [-0.3, -0.25) is 0 Å². The van der Waals surface area contributed by atoms with Gasteiger partial charge in [0.15, 0.2) is 15.6 Å². The lowest BCUT2D eigenvalue weighted by Gasteiger charge is -2.26. The fourth-order valence-electron chi connectivity index (χ4n) is 2.58. The third-order valence-electron chi connectivity index (χ3n) is 3.50. The van der Waals surface area contributed by atoms with Crippen LogP contribution in [-0.4, -0.2) is 49.6 Å². The zero-order valence-corrected chi connectivity index (χ0v) is 10.9. The molecule has 0 bridgehead atoms.